The van der Waals surface area contributed by atoms with Crippen molar-refractivity contribution in [2.24, 2.45) is 17.8 Å². The van der Waals surface area contributed by atoms with Crippen LogP contribution in [0.5, 0.6) is 0 Å². The van der Waals surface area contributed by atoms with Gasteiger partial charge in [0, 0.05) is 13.1 Å². The maximum atomic E-state index is 11.4. The van der Waals surface area contributed by atoms with Gasteiger partial charge in [-0.1, -0.05) is 27.7 Å². The first kappa shape index (κ1) is 16.7. The topological polar surface area (TPSA) is 78.4 Å². The van der Waals surface area contributed by atoms with Crippen molar-refractivity contribution >= 4 is 12.0 Å². The van der Waals surface area contributed by atoms with Gasteiger partial charge in [0.15, 0.2) is 0 Å². The van der Waals surface area contributed by atoms with E-state index in [9.17, 15) is 9.59 Å². The fourth-order valence-electron chi connectivity index (χ4n) is 1.59. The number of hydrogen-bond acceptors (Lipinski definition) is 2. The summed E-state index contributed by atoms with van der Waals surface area (Å²) in [4.78, 5) is 22.3. The van der Waals surface area contributed by atoms with Crippen LogP contribution in [0.3, 0.4) is 0 Å². The lowest BCUT2D eigenvalue weighted by Crippen LogP contribution is -2.41. The maximum absolute atomic E-state index is 11.4. The van der Waals surface area contributed by atoms with Crippen molar-refractivity contribution in [2.75, 3.05) is 13.1 Å². The van der Waals surface area contributed by atoms with Gasteiger partial charge in [0.2, 0.25) is 0 Å². The van der Waals surface area contributed by atoms with Gasteiger partial charge in [-0.15, -0.1) is 0 Å². The van der Waals surface area contributed by atoms with Crippen molar-refractivity contribution in [1.82, 2.24) is 10.6 Å². The second kappa shape index (κ2) is 8.78. The molecular formula is C13H26N2O3. The average molecular weight is 258 g/mol. The highest BCUT2D eigenvalue weighted by Crippen LogP contribution is 2.09. The minimum absolute atomic E-state index is 0.00346. The summed E-state index contributed by atoms with van der Waals surface area (Å²) in [6.45, 7) is 8.74. The van der Waals surface area contributed by atoms with E-state index in [1.165, 1.54) is 0 Å². The minimum atomic E-state index is -0.870. The Balaban J connectivity index is 3.78. The van der Waals surface area contributed by atoms with E-state index in [1.807, 2.05) is 13.8 Å². The number of carbonyl (C=O) groups is 2. The van der Waals surface area contributed by atoms with Crippen LogP contribution in [-0.4, -0.2) is 30.2 Å². The van der Waals surface area contributed by atoms with Crippen LogP contribution in [0.15, 0.2) is 0 Å². The van der Waals surface area contributed by atoms with Gasteiger partial charge in [-0.05, 0) is 24.7 Å². The molecule has 0 heterocycles. The SMILES string of the molecule is CC(C)CCCNC(=O)NCC(C(=O)O)C(C)C. The van der Waals surface area contributed by atoms with Crippen LogP contribution in [0.2, 0.25) is 0 Å². The number of rotatable bonds is 8. The van der Waals surface area contributed by atoms with Crippen molar-refractivity contribution < 1.29 is 14.7 Å². The Labute approximate surface area is 109 Å². The largest absolute Gasteiger partial charge is 0.481 e. The molecule has 0 rings (SSSR count). The molecule has 1 unspecified atom stereocenters. The van der Waals surface area contributed by atoms with E-state index in [1.54, 1.807) is 0 Å². The van der Waals surface area contributed by atoms with Gasteiger partial charge in [0.1, 0.15) is 0 Å². The van der Waals surface area contributed by atoms with Gasteiger partial charge >= 0.3 is 12.0 Å². The van der Waals surface area contributed by atoms with Crippen molar-refractivity contribution in [3.63, 3.8) is 0 Å². The van der Waals surface area contributed by atoms with Crippen LogP contribution in [0, 0.1) is 17.8 Å². The number of carboxylic acid groups (broad SMARTS) is 1. The molecule has 0 saturated carbocycles. The third kappa shape index (κ3) is 7.92. The van der Waals surface area contributed by atoms with Crippen LogP contribution in [0.1, 0.15) is 40.5 Å². The maximum Gasteiger partial charge on any atom is 0.314 e. The summed E-state index contributed by atoms with van der Waals surface area (Å²) in [5.74, 6) is -0.771. The lowest BCUT2D eigenvalue weighted by Gasteiger charge is -2.17. The van der Waals surface area contributed by atoms with Gasteiger partial charge < -0.3 is 15.7 Å². The molecular weight excluding hydrogens is 232 g/mol. The summed E-state index contributed by atoms with van der Waals surface area (Å²) in [5, 5.41) is 14.3. The van der Waals surface area contributed by atoms with E-state index in [0.29, 0.717) is 12.5 Å². The molecule has 0 aromatic carbocycles. The Morgan fingerprint density at radius 3 is 2.17 bits per heavy atom. The van der Waals surface area contributed by atoms with Crippen molar-refractivity contribution in [1.29, 1.82) is 0 Å². The second-order valence-electron chi connectivity index (χ2n) is 5.36. The van der Waals surface area contributed by atoms with Gasteiger partial charge in [-0.25, -0.2) is 4.79 Å². The number of amides is 2. The predicted octanol–water partition coefficient (Wildman–Crippen LogP) is 2.08. The molecule has 18 heavy (non-hydrogen) atoms. The Hall–Kier alpha value is -1.26. The quantitative estimate of drug-likeness (QED) is 0.583. The lowest BCUT2D eigenvalue weighted by atomic mass is 9.96. The fourth-order valence-corrected chi connectivity index (χ4v) is 1.59. The molecule has 5 nitrogen and oxygen atoms in total. The first-order valence-corrected chi connectivity index (χ1v) is 6.59. The van der Waals surface area contributed by atoms with Crippen molar-refractivity contribution in [3.8, 4) is 0 Å². The van der Waals surface area contributed by atoms with Crippen molar-refractivity contribution in [3.05, 3.63) is 0 Å². The van der Waals surface area contributed by atoms with Crippen LogP contribution in [0.4, 0.5) is 4.79 Å². The third-order valence-electron chi connectivity index (χ3n) is 2.85. The van der Waals surface area contributed by atoms with Crippen LogP contribution < -0.4 is 10.6 Å². The molecule has 0 aliphatic carbocycles. The van der Waals surface area contributed by atoms with E-state index in [4.69, 9.17) is 5.11 Å². The summed E-state index contributed by atoms with van der Waals surface area (Å²) < 4.78 is 0. The molecule has 0 aromatic heterocycles. The molecule has 0 aromatic rings. The minimum Gasteiger partial charge on any atom is -0.481 e. The fraction of sp³-hybridized carbons (Fsp3) is 0.846. The summed E-state index contributed by atoms with van der Waals surface area (Å²) in [6, 6.07) is -0.286. The van der Waals surface area contributed by atoms with Gasteiger partial charge in [-0.2, -0.15) is 0 Å². The molecule has 3 N–H and O–H groups in total. The first-order chi connectivity index (χ1) is 8.34. The first-order valence-electron chi connectivity index (χ1n) is 6.59. The van der Waals surface area contributed by atoms with Gasteiger partial charge in [0.25, 0.3) is 0 Å². The van der Waals surface area contributed by atoms with E-state index < -0.39 is 11.9 Å². The summed E-state index contributed by atoms with van der Waals surface area (Å²) >= 11 is 0. The van der Waals surface area contributed by atoms with Gasteiger partial charge in [0.05, 0.1) is 5.92 Å². The van der Waals surface area contributed by atoms with Crippen LogP contribution >= 0.6 is 0 Å². The third-order valence-corrected chi connectivity index (χ3v) is 2.85. The molecule has 0 fully saturated rings. The summed E-state index contributed by atoms with van der Waals surface area (Å²) in [7, 11) is 0. The smallest absolute Gasteiger partial charge is 0.314 e. The number of hydrogen-bond donors (Lipinski definition) is 3. The van der Waals surface area contributed by atoms with Gasteiger partial charge in [-0.3, -0.25) is 4.79 Å². The highest BCUT2D eigenvalue weighted by Gasteiger charge is 2.21. The molecule has 0 bridgehead atoms. The normalized spacial score (nSPS) is 12.6. The molecule has 0 aliphatic heterocycles. The predicted molar refractivity (Wildman–Crippen MR) is 71.4 cm³/mol. The molecule has 2 amide bonds. The molecule has 0 radical (unpaired) electrons. The summed E-state index contributed by atoms with van der Waals surface area (Å²) in [6.07, 6.45) is 2.02. The highest BCUT2D eigenvalue weighted by atomic mass is 16.4. The number of urea groups is 1. The molecule has 106 valence electrons. The monoisotopic (exact) mass is 258 g/mol. The molecule has 0 saturated heterocycles. The molecule has 0 aliphatic rings. The van der Waals surface area contributed by atoms with Crippen LogP contribution in [-0.2, 0) is 4.79 Å². The number of carboxylic acids is 1. The van der Waals surface area contributed by atoms with E-state index in [-0.39, 0.29) is 18.5 Å². The zero-order valence-corrected chi connectivity index (χ0v) is 11.8. The Kier molecular flexibility index (Phi) is 8.16. The lowest BCUT2D eigenvalue weighted by molar-refractivity contribution is -0.142. The number of nitrogens with one attached hydrogen (secondary N) is 2. The van der Waals surface area contributed by atoms with E-state index in [0.717, 1.165) is 12.8 Å². The zero-order valence-electron chi connectivity index (χ0n) is 11.8. The average Bonchev–Trinajstić information content (AvgIpc) is 2.23. The molecule has 5 heteroatoms. The highest BCUT2D eigenvalue weighted by molar-refractivity contribution is 5.75. The Bertz CT molecular complexity index is 265. The Morgan fingerprint density at radius 2 is 1.72 bits per heavy atom. The number of carbonyl (C=O) groups excluding carboxylic acids is 1. The van der Waals surface area contributed by atoms with E-state index >= 15 is 0 Å². The zero-order chi connectivity index (χ0) is 14.1. The summed E-state index contributed by atoms with van der Waals surface area (Å²) in [5.41, 5.74) is 0. The number of aliphatic carboxylic acids is 1. The second-order valence-corrected chi connectivity index (χ2v) is 5.36. The Morgan fingerprint density at radius 1 is 1.11 bits per heavy atom. The van der Waals surface area contributed by atoms with Crippen molar-refractivity contribution in [2.45, 2.75) is 40.5 Å². The molecule has 0 spiro atoms. The standard InChI is InChI=1S/C13H26N2O3/c1-9(2)6-5-7-14-13(18)15-8-11(10(3)4)12(16)17/h9-11H,5-8H2,1-4H3,(H,16,17)(H2,14,15,18). The van der Waals surface area contributed by atoms with E-state index in [2.05, 4.69) is 24.5 Å². The molecule has 1 atom stereocenters. The van der Waals surface area contributed by atoms with Crippen LogP contribution in [0.25, 0.3) is 0 Å².